The van der Waals surface area contributed by atoms with E-state index < -0.39 is 36.4 Å². The Kier molecular flexibility index (Phi) is 8.29. The summed E-state index contributed by atoms with van der Waals surface area (Å²) in [7, 11) is 1.37. The van der Waals surface area contributed by atoms with E-state index in [4.69, 9.17) is 16.3 Å². The average Bonchev–Trinajstić information content (AvgIpc) is 2.75. The van der Waals surface area contributed by atoms with Crippen LogP contribution >= 0.6 is 11.6 Å². The molecule has 0 aromatic heterocycles. The van der Waals surface area contributed by atoms with Crippen molar-refractivity contribution < 1.29 is 36.3 Å². The number of hydrogen-bond acceptors (Lipinski definition) is 3. The minimum absolute atomic E-state index is 0.00245. The molecule has 2 aromatic carbocycles. The van der Waals surface area contributed by atoms with Gasteiger partial charge in [0.25, 0.3) is 12.3 Å². The van der Waals surface area contributed by atoms with Gasteiger partial charge in [0.05, 0.1) is 5.56 Å². The number of nitrogens with one attached hydrogen (secondary N) is 2. The third-order valence-electron chi connectivity index (χ3n) is 4.89. The molecule has 2 N–H and O–H groups in total. The van der Waals surface area contributed by atoms with Gasteiger partial charge in [-0.15, -0.1) is 0 Å². The molecule has 2 aromatic rings. The second-order valence-electron chi connectivity index (χ2n) is 7.61. The van der Waals surface area contributed by atoms with E-state index in [0.717, 1.165) is 13.8 Å². The van der Waals surface area contributed by atoms with E-state index in [0.29, 0.717) is 16.7 Å². The van der Waals surface area contributed by atoms with Crippen LogP contribution in [-0.2, 0) is 11.3 Å². The van der Waals surface area contributed by atoms with Crippen LogP contribution in [0.2, 0.25) is 5.02 Å². The Balaban J connectivity index is 2.33. The van der Waals surface area contributed by atoms with Gasteiger partial charge >= 0.3 is 6.18 Å². The highest BCUT2D eigenvalue weighted by Crippen LogP contribution is 2.38. The zero-order valence-electron chi connectivity index (χ0n) is 17.9. The third kappa shape index (κ3) is 6.34. The molecule has 0 unspecified atom stereocenters. The lowest BCUT2D eigenvalue weighted by atomic mass is 9.91. The maximum atomic E-state index is 13.0. The van der Waals surface area contributed by atoms with Gasteiger partial charge in [0.15, 0.2) is 0 Å². The van der Waals surface area contributed by atoms with Gasteiger partial charge in [-0.3, -0.25) is 9.59 Å². The van der Waals surface area contributed by atoms with Crippen molar-refractivity contribution in [1.29, 1.82) is 0 Å². The summed E-state index contributed by atoms with van der Waals surface area (Å²) < 4.78 is 69.2. The first kappa shape index (κ1) is 26.4. The quantitative estimate of drug-likeness (QED) is 0.497. The minimum atomic E-state index is -4.72. The smallest absolute Gasteiger partial charge is 0.402 e. The zero-order valence-corrected chi connectivity index (χ0v) is 18.7. The number of alkyl halides is 5. The van der Waals surface area contributed by atoms with Gasteiger partial charge in [-0.25, -0.2) is 8.78 Å². The number of benzene rings is 2. The Hall–Kier alpha value is -2.88. The SMILES string of the molecule is CNC(=O)c1cc(-c2cc(CNC(=O)C(C)(C)C(F)(F)F)ccc2Cl)ccc1OCC(F)F. The van der Waals surface area contributed by atoms with Crippen LogP contribution in [0, 0.1) is 5.41 Å². The molecule has 33 heavy (non-hydrogen) atoms. The van der Waals surface area contributed by atoms with Crippen molar-refractivity contribution in [2.24, 2.45) is 5.41 Å². The molecule has 0 radical (unpaired) electrons. The molecular formula is C22H22ClF5N2O3. The van der Waals surface area contributed by atoms with Crippen LogP contribution < -0.4 is 15.4 Å². The Morgan fingerprint density at radius 3 is 2.33 bits per heavy atom. The highest BCUT2D eigenvalue weighted by molar-refractivity contribution is 6.33. The molecule has 0 atom stereocenters. The third-order valence-corrected chi connectivity index (χ3v) is 5.22. The fraction of sp³-hybridized carbons (Fsp3) is 0.364. The summed E-state index contributed by atoms with van der Waals surface area (Å²) in [6.45, 7) is 0.481. The molecule has 11 heteroatoms. The molecule has 0 fully saturated rings. The fourth-order valence-electron chi connectivity index (χ4n) is 2.72. The van der Waals surface area contributed by atoms with Crippen LogP contribution in [0.1, 0.15) is 29.8 Å². The van der Waals surface area contributed by atoms with Crippen molar-refractivity contribution in [2.45, 2.75) is 33.0 Å². The molecular weight excluding hydrogens is 471 g/mol. The first-order chi connectivity index (χ1) is 15.3. The highest BCUT2D eigenvalue weighted by Gasteiger charge is 2.52. The number of rotatable bonds is 8. The summed E-state index contributed by atoms with van der Waals surface area (Å²) in [5.41, 5.74) is -1.26. The van der Waals surface area contributed by atoms with Crippen molar-refractivity contribution in [1.82, 2.24) is 10.6 Å². The van der Waals surface area contributed by atoms with Gasteiger partial charge in [0.1, 0.15) is 17.8 Å². The first-order valence-electron chi connectivity index (χ1n) is 9.68. The number of hydrogen-bond donors (Lipinski definition) is 2. The van der Waals surface area contributed by atoms with Gasteiger partial charge in [0, 0.05) is 24.2 Å². The van der Waals surface area contributed by atoms with E-state index in [9.17, 15) is 31.5 Å². The van der Waals surface area contributed by atoms with Crippen LogP contribution in [0.3, 0.4) is 0 Å². The number of carbonyl (C=O) groups excluding carboxylic acids is 2. The van der Waals surface area contributed by atoms with Crippen LogP contribution in [0.4, 0.5) is 22.0 Å². The predicted molar refractivity (Wildman–Crippen MR) is 113 cm³/mol. The van der Waals surface area contributed by atoms with E-state index in [2.05, 4.69) is 10.6 Å². The van der Waals surface area contributed by atoms with E-state index in [-0.39, 0.29) is 22.9 Å². The summed E-state index contributed by atoms with van der Waals surface area (Å²) in [4.78, 5) is 24.3. The molecule has 0 saturated heterocycles. The maximum Gasteiger partial charge on any atom is 0.402 e. The van der Waals surface area contributed by atoms with Crippen molar-refractivity contribution in [2.75, 3.05) is 13.7 Å². The standard InChI is InChI=1S/C22H22ClF5N2O3/c1-21(2,22(26,27)28)20(32)30-10-12-4-6-16(23)14(8-12)13-5-7-17(33-11-18(24)25)15(9-13)19(31)29-3/h4-9,18H,10-11H2,1-3H3,(H,29,31)(H,30,32). The summed E-state index contributed by atoms with van der Waals surface area (Å²) >= 11 is 6.27. The van der Waals surface area contributed by atoms with E-state index >= 15 is 0 Å². The van der Waals surface area contributed by atoms with Crippen molar-refractivity contribution in [3.8, 4) is 16.9 Å². The number of ether oxygens (including phenoxy) is 1. The lowest BCUT2D eigenvalue weighted by Crippen LogP contribution is -2.46. The fourth-order valence-corrected chi connectivity index (χ4v) is 2.95. The van der Waals surface area contributed by atoms with Crippen molar-refractivity contribution >= 4 is 23.4 Å². The lowest BCUT2D eigenvalue weighted by molar-refractivity contribution is -0.211. The number of carbonyl (C=O) groups is 2. The van der Waals surface area contributed by atoms with E-state index in [1.165, 1.54) is 37.4 Å². The number of halogens is 6. The highest BCUT2D eigenvalue weighted by atomic mass is 35.5. The van der Waals surface area contributed by atoms with Crippen molar-refractivity contribution in [3.63, 3.8) is 0 Å². The average molecular weight is 493 g/mol. The van der Waals surface area contributed by atoms with Crippen LogP contribution in [0.15, 0.2) is 36.4 Å². The number of amides is 2. The van der Waals surface area contributed by atoms with Gasteiger partial charge in [0.2, 0.25) is 5.91 Å². The lowest BCUT2D eigenvalue weighted by Gasteiger charge is -2.26. The van der Waals surface area contributed by atoms with Crippen LogP contribution in [-0.4, -0.2) is 38.1 Å². The molecule has 0 heterocycles. The molecule has 0 aliphatic carbocycles. The summed E-state index contributed by atoms with van der Waals surface area (Å²) in [5.74, 6) is -1.81. The van der Waals surface area contributed by atoms with E-state index in [1.54, 1.807) is 6.07 Å². The summed E-state index contributed by atoms with van der Waals surface area (Å²) in [6, 6.07) is 8.82. The molecule has 2 rings (SSSR count). The monoisotopic (exact) mass is 492 g/mol. The molecule has 5 nitrogen and oxygen atoms in total. The minimum Gasteiger partial charge on any atom is -0.487 e. The Morgan fingerprint density at radius 1 is 1.09 bits per heavy atom. The predicted octanol–water partition coefficient (Wildman–Crippen LogP) is 5.22. The Labute approximate surface area is 192 Å². The molecule has 2 amide bonds. The van der Waals surface area contributed by atoms with Crippen LogP contribution in [0.5, 0.6) is 5.75 Å². The molecule has 0 spiro atoms. The molecule has 0 aliphatic heterocycles. The van der Waals surface area contributed by atoms with Crippen molar-refractivity contribution in [3.05, 3.63) is 52.5 Å². The Morgan fingerprint density at radius 2 is 1.76 bits per heavy atom. The maximum absolute atomic E-state index is 13.0. The molecule has 0 saturated carbocycles. The van der Waals surface area contributed by atoms with Gasteiger partial charge < -0.3 is 15.4 Å². The van der Waals surface area contributed by atoms with Gasteiger partial charge in [-0.05, 0) is 49.2 Å². The first-order valence-corrected chi connectivity index (χ1v) is 10.1. The summed E-state index contributed by atoms with van der Waals surface area (Å²) in [6.07, 6.45) is -7.45. The van der Waals surface area contributed by atoms with Gasteiger partial charge in [-0.2, -0.15) is 13.2 Å². The van der Waals surface area contributed by atoms with E-state index in [1.807, 2.05) is 0 Å². The largest absolute Gasteiger partial charge is 0.487 e. The molecule has 0 aliphatic rings. The second-order valence-corrected chi connectivity index (χ2v) is 8.02. The molecule has 0 bridgehead atoms. The normalized spacial score (nSPS) is 11.9. The topological polar surface area (TPSA) is 67.4 Å². The van der Waals surface area contributed by atoms with Crippen LogP contribution in [0.25, 0.3) is 11.1 Å². The second kappa shape index (κ2) is 10.4. The molecule has 180 valence electrons. The Bertz CT molecular complexity index is 1030. The summed E-state index contributed by atoms with van der Waals surface area (Å²) in [5, 5.41) is 4.92. The van der Waals surface area contributed by atoms with Gasteiger partial charge in [-0.1, -0.05) is 23.7 Å². The zero-order chi connectivity index (χ0) is 25.0.